The first kappa shape index (κ1) is 15.9. The second kappa shape index (κ2) is 10.1. The number of amides is 1. The van der Waals surface area contributed by atoms with Crippen LogP contribution in [0.5, 0.6) is 0 Å². The van der Waals surface area contributed by atoms with Crippen molar-refractivity contribution in [1.29, 1.82) is 0 Å². The van der Waals surface area contributed by atoms with Crippen LogP contribution >= 0.6 is 0 Å². The van der Waals surface area contributed by atoms with Crippen molar-refractivity contribution in [3.05, 3.63) is 0 Å². The lowest BCUT2D eigenvalue weighted by molar-refractivity contribution is -0.137. The molecule has 1 unspecified atom stereocenters. The fraction of sp³-hybridized carbons (Fsp3) is 0.833. The summed E-state index contributed by atoms with van der Waals surface area (Å²) in [5.74, 6) is -0.459. The van der Waals surface area contributed by atoms with Gasteiger partial charge in [-0.1, -0.05) is 6.92 Å². The summed E-state index contributed by atoms with van der Waals surface area (Å²) < 4.78 is 5.07. The topological polar surface area (TPSA) is 75.6 Å². The highest BCUT2D eigenvalue weighted by Gasteiger charge is 2.06. The number of nitrogens with one attached hydrogen (secondary N) is 1. The van der Waals surface area contributed by atoms with Crippen LogP contribution in [0.4, 0.5) is 0 Å². The third kappa shape index (κ3) is 11.2. The molecule has 5 nitrogen and oxygen atoms in total. The van der Waals surface area contributed by atoms with Gasteiger partial charge >= 0.3 is 5.97 Å². The van der Waals surface area contributed by atoms with Crippen molar-refractivity contribution >= 4 is 11.9 Å². The molecule has 2 N–H and O–H groups in total. The Morgan fingerprint density at radius 1 is 1.29 bits per heavy atom. The van der Waals surface area contributed by atoms with E-state index >= 15 is 0 Å². The second-order valence-electron chi connectivity index (χ2n) is 4.12. The molecule has 17 heavy (non-hydrogen) atoms. The molecule has 0 saturated heterocycles. The molecule has 0 aromatic carbocycles. The van der Waals surface area contributed by atoms with E-state index in [1.54, 1.807) is 0 Å². The van der Waals surface area contributed by atoms with Crippen molar-refractivity contribution in [3.63, 3.8) is 0 Å². The maximum Gasteiger partial charge on any atom is 0.303 e. The zero-order valence-corrected chi connectivity index (χ0v) is 10.7. The molecular weight excluding hydrogens is 222 g/mol. The molecule has 0 aliphatic heterocycles. The van der Waals surface area contributed by atoms with Crippen molar-refractivity contribution in [2.75, 3.05) is 19.8 Å². The minimum absolute atomic E-state index is 0.0103. The summed E-state index contributed by atoms with van der Waals surface area (Å²) in [7, 11) is 0. The summed E-state index contributed by atoms with van der Waals surface area (Å²) in [6, 6.07) is 0. The number of rotatable bonds is 10. The highest BCUT2D eigenvalue weighted by Crippen LogP contribution is 2.08. The number of ether oxygens (including phenoxy) is 1. The number of hydrogen-bond acceptors (Lipinski definition) is 3. The summed E-state index contributed by atoms with van der Waals surface area (Å²) in [4.78, 5) is 21.6. The van der Waals surface area contributed by atoms with Crippen molar-refractivity contribution in [1.82, 2.24) is 5.32 Å². The molecule has 0 aromatic heterocycles. The van der Waals surface area contributed by atoms with Crippen LogP contribution in [0.2, 0.25) is 0 Å². The number of hydrogen-bond donors (Lipinski definition) is 2. The van der Waals surface area contributed by atoms with Crippen LogP contribution in [-0.4, -0.2) is 36.7 Å². The normalized spacial score (nSPS) is 12.1. The first-order valence-electron chi connectivity index (χ1n) is 6.12. The van der Waals surface area contributed by atoms with Crippen LogP contribution in [0.15, 0.2) is 0 Å². The van der Waals surface area contributed by atoms with Crippen molar-refractivity contribution in [2.45, 2.75) is 39.5 Å². The van der Waals surface area contributed by atoms with Gasteiger partial charge in [0.05, 0.1) is 6.61 Å². The van der Waals surface area contributed by atoms with Gasteiger partial charge in [-0.2, -0.15) is 0 Å². The van der Waals surface area contributed by atoms with Crippen LogP contribution in [0.25, 0.3) is 0 Å². The summed E-state index contributed by atoms with van der Waals surface area (Å²) in [5, 5.41) is 11.3. The predicted octanol–water partition coefficient (Wildman–Crippen LogP) is 1.42. The van der Waals surface area contributed by atoms with E-state index < -0.39 is 5.97 Å². The second-order valence-corrected chi connectivity index (χ2v) is 4.12. The minimum Gasteiger partial charge on any atom is -0.481 e. The predicted molar refractivity (Wildman–Crippen MR) is 64.8 cm³/mol. The highest BCUT2D eigenvalue weighted by atomic mass is 16.5. The lowest BCUT2D eigenvalue weighted by Gasteiger charge is -2.10. The van der Waals surface area contributed by atoms with Crippen LogP contribution < -0.4 is 5.32 Å². The van der Waals surface area contributed by atoms with E-state index in [1.807, 2.05) is 13.8 Å². The average molecular weight is 245 g/mol. The molecule has 0 heterocycles. The molecule has 0 spiro atoms. The van der Waals surface area contributed by atoms with Crippen LogP contribution in [0.1, 0.15) is 39.5 Å². The fourth-order valence-corrected chi connectivity index (χ4v) is 1.37. The molecule has 0 saturated carbocycles. The molecule has 0 radical (unpaired) electrons. The average Bonchev–Trinajstić information content (AvgIpc) is 2.27. The molecule has 0 aromatic rings. The third-order valence-corrected chi connectivity index (χ3v) is 2.49. The van der Waals surface area contributed by atoms with E-state index in [4.69, 9.17) is 9.84 Å². The number of carboxylic acids is 1. The van der Waals surface area contributed by atoms with Gasteiger partial charge in [0.15, 0.2) is 0 Å². The Morgan fingerprint density at radius 3 is 2.59 bits per heavy atom. The largest absolute Gasteiger partial charge is 0.481 e. The third-order valence-electron chi connectivity index (χ3n) is 2.49. The quantitative estimate of drug-likeness (QED) is 0.571. The number of aliphatic carboxylic acids is 1. The molecule has 0 aliphatic rings. The zero-order chi connectivity index (χ0) is 13.1. The van der Waals surface area contributed by atoms with Gasteiger partial charge in [0.1, 0.15) is 0 Å². The van der Waals surface area contributed by atoms with E-state index in [2.05, 4.69) is 5.32 Å². The van der Waals surface area contributed by atoms with Crippen molar-refractivity contribution in [3.8, 4) is 0 Å². The number of carboxylic acid groups (broad SMARTS) is 1. The summed E-state index contributed by atoms with van der Waals surface area (Å²) in [6.07, 6.45) is 2.05. The van der Waals surface area contributed by atoms with Crippen LogP contribution in [0, 0.1) is 5.92 Å². The smallest absolute Gasteiger partial charge is 0.303 e. The van der Waals surface area contributed by atoms with Crippen molar-refractivity contribution in [2.24, 2.45) is 5.92 Å². The minimum atomic E-state index is -0.766. The van der Waals surface area contributed by atoms with Gasteiger partial charge in [-0.3, -0.25) is 9.59 Å². The van der Waals surface area contributed by atoms with Gasteiger partial charge in [-0.25, -0.2) is 0 Å². The van der Waals surface area contributed by atoms with Gasteiger partial charge in [0, 0.05) is 26.0 Å². The van der Waals surface area contributed by atoms with Gasteiger partial charge in [-0.15, -0.1) is 0 Å². The molecule has 0 fully saturated rings. The molecule has 100 valence electrons. The first-order valence-corrected chi connectivity index (χ1v) is 6.12. The van der Waals surface area contributed by atoms with Crippen LogP contribution in [0.3, 0.4) is 0 Å². The monoisotopic (exact) mass is 245 g/mol. The molecule has 1 atom stereocenters. The highest BCUT2D eigenvalue weighted by molar-refractivity contribution is 5.75. The Labute approximate surface area is 103 Å². The fourth-order valence-electron chi connectivity index (χ4n) is 1.37. The Morgan fingerprint density at radius 2 is 2.00 bits per heavy atom. The standard InChI is InChI=1S/C12H23NO4/c1-3-17-9-7-11(14)13-8-6-10(2)4-5-12(15)16/h10H,3-9H2,1-2H3,(H,13,14)(H,15,16). The van der Waals surface area contributed by atoms with Gasteiger partial charge in [-0.05, 0) is 25.7 Å². The lowest BCUT2D eigenvalue weighted by Crippen LogP contribution is -2.26. The van der Waals surface area contributed by atoms with Crippen molar-refractivity contribution < 1.29 is 19.4 Å². The number of carbonyl (C=O) groups is 2. The van der Waals surface area contributed by atoms with Gasteiger partial charge in [0.2, 0.25) is 5.91 Å². The maximum atomic E-state index is 11.3. The Hall–Kier alpha value is -1.10. The maximum absolute atomic E-state index is 11.3. The Kier molecular flexibility index (Phi) is 9.43. The Balaban J connectivity index is 3.42. The van der Waals surface area contributed by atoms with E-state index in [-0.39, 0.29) is 12.3 Å². The molecule has 0 rings (SSSR count). The van der Waals surface area contributed by atoms with E-state index in [9.17, 15) is 9.59 Å². The Bertz CT molecular complexity index is 231. The van der Waals surface area contributed by atoms with Gasteiger partial charge in [0.25, 0.3) is 0 Å². The molecular formula is C12H23NO4. The summed E-state index contributed by atoms with van der Waals surface area (Å²) in [5.41, 5.74) is 0. The SMILES string of the molecule is CCOCCC(=O)NCCC(C)CCC(=O)O. The van der Waals surface area contributed by atoms with Crippen LogP contribution in [-0.2, 0) is 14.3 Å². The van der Waals surface area contributed by atoms with E-state index in [0.29, 0.717) is 38.5 Å². The zero-order valence-electron chi connectivity index (χ0n) is 10.7. The lowest BCUT2D eigenvalue weighted by atomic mass is 10.0. The first-order chi connectivity index (χ1) is 8.06. The number of carbonyl (C=O) groups excluding carboxylic acids is 1. The van der Waals surface area contributed by atoms with Gasteiger partial charge < -0.3 is 15.2 Å². The molecule has 0 bridgehead atoms. The molecule has 1 amide bonds. The molecule has 0 aliphatic carbocycles. The summed E-state index contributed by atoms with van der Waals surface area (Å²) >= 11 is 0. The molecule has 5 heteroatoms. The van der Waals surface area contributed by atoms with E-state index in [1.165, 1.54) is 0 Å². The summed E-state index contributed by atoms with van der Waals surface area (Å²) in [6.45, 7) is 5.57. The van der Waals surface area contributed by atoms with E-state index in [0.717, 1.165) is 6.42 Å².